The summed E-state index contributed by atoms with van der Waals surface area (Å²) >= 11 is 14.4. The minimum absolute atomic E-state index is 0.140. The predicted molar refractivity (Wildman–Crippen MR) is 171 cm³/mol. The fourth-order valence-electron chi connectivity index (χ4n) is 3.17. The van der Waals surface area contributed by atoms with Gasteiger partial charge in [-0.15, -0.1) is 0 Å². The third kappa shape index (κ3) is 13.7. The van der Waals surface area contributed by atoms with Crippen molar-refractivity contribution in [2.45, 2.75) is 33.1 Å². The smallest absolute Gasteiger partial charge is 0.491 e. The first-order chi connectivity index (χ1) is 19.5. The summed E-state index contributed by atoms with van der Waals surface area (Å²) in [4.78, 5) is 23.0. The van der Waals surface area contributed by atoms with E-state index in [9.17, 15) is 9.59 Å². The third-order valence-electron chi connectivity index (χ3n) is 4.91. The van der Waals surface area contributed by atoms with Crippen molar-refractivity contribution in [2.24, 2.45) is 0 Å². The SMILES string of the molecule is C=C(C)COC(=O)OCCCOc1c(Br)cc(Cc2cc(Br)c(OCCCOC(=O)OCC(=C)C)c(Br)c2)cc1Br. The summed E-state index contributed by atoms with van der Waals surface area (Å²) in [6.45, 7) is 12.2. The number of hydrogen-bond acceptors (Lipinski definition) is 8. The monoisotopic (exact) mass is 824 g/mol. The Balaban J connectivity index is 1.84. The van der Waals surface area contributed by atoms with Gasteiger partial charge in [0, 0.05) is 12.8 Å². The van der Waals surface area contributed by atoms with Crippen molar-refractivity contribution in [3.8, 4) is 11.5 Å². The van der Waals surface area contributed by atoms with Crippen molar-refractivity contribution in [3.05, 3.63) is 77.6 Å². The fraction of sp³-hybridized carbons (Fsp3) is 0.379. The molecule has 0 heterocycles. The average Bonchev–Trinajstić information content (AvgIpc) is 2.88. The maximum absolute atomic E-state index is 11.5. The first-order valence-electron chi connectivity index (χ1n) is 12.6. The Kier molecular flexibility index (Phi) is 15.9. The molecule has 0 bridgehead atoms. The molecule has 0 aromatic heterocycles. The van der Waals surface area contributed by atoms with Crippen molar-refractivity contribution in [1.82, 2.24) is 0 Å². The van der Waals surface area contributed by atoms with Crippen LogP contribution in [0.25, 0.3) is 0 Å². The van der Waals surface area contributed by atoms with E-state index >= 15 is 0 Å². The summed E-state index contributed by atoms with van der Waals surface area (Å²) < 4.78 is 34.8. The van der Waals surface area contributed by atoms with Crippen LogP contribution in [-0.2, 0) is 25.4 Å². The van der Waals surface area contributed by atoms with Gasteiger partial charge >= 0.3 is 12.3 Å². The molecule has 12 heteroatoms. The lowest BCUT2D eigenvalue weighted by Crippen LogP contribution is -2.11. The van der Waals surface area contributed by atoms with E-state index in [2.05, 4.69) is 76.9 Å². The van der Waals surface area contributed by atoms with Crippen LogP contribution in [0.3, 0.4) is 0 Å². The molecule has 0 saturated carbocycles. The summed E-state index contributed by atoms with van der Waals surface area (Å²) in [5, 5.41) is 0. The normalized spacial score (nSPS) is 10.5. The van der Waals surface area contributed by atoms with Crippen LogP contribution in [0.15, 0.2) is 66.5 Å². The highest BCUT2D eigenvalue weighted by molar-refractivity contribution is 9.11. The molecule has 2 aromatic carbocycles. The van der Waals surface area contributed by atoms with E-state index in [0.29, 0.717) is 44.0 Å². The summed E-state index contributed by atoms with van der Waals surface area (Å²) in [5.41, 5.74) is 3.60. The second-order valence-electron chi connectivity index (χ2n) is 9.05. The Morgan fingerprint density at radius 1 is 0.610 bits per heavy atom. The Morgan fingerprint density at radius 2 is 0.951 bits per heavy atom. The van der Waals surface area contributed by atoms with E-state index in [1.165, 1.54) is 0 Å². The summed E-state index contributed by atoms with van der Waals surface area (Å²) in [7, 11) is 0. The van der Waals surface area contributed by atoms with Gasteiger partial charge in [-0.25, -0.2) is 9.59 Å². The molecule has 0 aliphatic heterocycles. The predicted octanol–water partition coefficient (Wildman–Crippen LogP) is 9.32. The molecule has 41 heavy (non-hydrogen) atoms. The lowest BCUT2D eigenvalue weighted by Gasteiger charge is -2.14. The minimum Gasteiger partial charge on any atom is -0.491 e. The number of rotatable bonds is 16. The molecule has 0 N–H and O–H groups in total. The second kappa shape index (κ2) is 18.5. The number of carbonyl (C=O) groups excluding carboxylic acids is 2. The van der Waals surface area contributed by atoms with E-state index < -0.39 is 12.3 Å². The van der Waals surface area contributed by atoms with Crippen molar-refractivity contribution < 1.29 is 38.0 Å². The highest BCUT2D eigenvalue weighted by Crippen LogP contribution is 2.38. The number of benzene rings is 2. The summed E-state index contributed by atoms with van der Waals surface area (Å²) in [6.07, 6.45) is 0.236. The molecule has 0 amide bonds. The van der Waals surface area contributed by atoms with Gasteiger partial charge in [-0.1, -0.05) is 13.2 Å². The molecule has 8 nitrogen and oxygen atoms in total. The van der Waals surface area contributed by atoms with Gasteiger partial charge in [0.25, 0.3) is 0 Å². The van der Waals surface area contributed by atoms with E-state index in [4.69, 9.17) is 28.4 Å². The van der Waals surface area contributed by atoms with Gasteiger partial charge in [-0.3, -0.25) is 0 Å². The second-order valence-corrected chi connectivity index (χ2v) is 12.5. The van der Waals surface area contributed by atoms with Gasteiger partial charge in [0.05, 0.1) is 44.3 Å². The molecule has 0 aliphatic carbocycles. The first kappa shape index (κ1) is 35.2. The lowest BCUT2D eigenvalue weighted by atomic mass is 10.0. The molecule has 0 radical (unpaired) electrons. The van der Waals surface area contributed by atoms with Crippen LogP contribution < -0.4 is 9.47 Å². The van der Waals surface area contributed by atoms with Crippen LogP contribution in [0, 0.1) is 0 Å². The topological polar surface area (TPSA) is 89.5 Å². The van der Waals surface area contributed by atoms with Crippen LogP contribution in [0.4, 0.5) is 9.59 Å². The minimum atomic E-state index is -0.721. The molecule has 0 saturated heterocycles. The van der Waals surface area contributed by atoms with E-state index in [1.807, 2.05) is 24.3 Å². The number of hydrogen-bond donors (Lipinski definition) is 0. The first-order valence-corrected chi connectivity index (χ1v) is 15.7. The van der Waals surface area contributed by atoms with Crippen LogP contribution >= 0.6 is 63.7 Å². The molecule has 2 aromatic rings. The Labute approximate surface area is 274 Å². The molecule has 0 atom stereocenters. The Hall–Kier alpha value is -2.02. The molecule has 0 fully saturated rings. The zero-order valence-electron chi connectivity index (χ0n) is 22.9. The fourth-order valence-corrected chi connectivity index (χ4v) is 6.19. The van der Waals surface area contributed by atoms with Gasteiger partial charge < -0.3 is 28.4 Å². The number of ether oxygens (including phenoxy) is 6. The zero-order valence-corrected chi connectivity index (χ0v) is 29.2. The quantitative estimate of drug-likeness (QED) is 0.0941. The molecule has 224 valence electrons. The van der Waals surface area contributed by atoms with Gasteiger partial charge in [0.2, 0.25) is 0 Å². The Morgan fingerprint density at radius 3 is 1.27 bits per heavy atom. The molecular weight excluding hydrogens is 796 g/mol. The maximum atomic E-state index is 11.5. The zero-order chi connectivity index (χ0) is 30.4. The Bertz CT molecular complexity index is 1090. The van der Waals surface area contributed by atoms with Gasteiger partial charge in [-0.2, -0.15) is 0 Å². The van der Waals surface area contributed by atoms with Crippen LogP contribution in [-0.4, -0.2) is 52.0 Å². The summed E-state index contributed by atoms with van der Waals surface area (Å²) in [6, 6.07) is 8.00. The van der Waals surface area contributed by atoms with E-state index in [-0.39, 0.29) is 26.4 Å². The van der Waals surface area contributed by atoms with Gasteiger partial charge in [-0.05, 0) is 131 Å². The van der Waals surface area contributed by atoms with Crippen LogP contribution in [0.5, 0.6) is 11.5 Å². The highest BCUT2D eigenvalue weighted by atomic mass is 79.9. The van der Waals surface area contributed by atoms with Gasteiger partial charge in [0.1, 0.15) is 24.7 Å². The molecule has 0 aliphatic rings. The van der Waals surface area contributed by atoms with Crippen molar-refractivity contribution >= 4 is 76.0 Å². The third-order valence-corrected chi connectivity index (χ3v) is 7.26. The molecule has 2 rings (SSSR count). The highest BCUT2D eigenvalue weighted by Gasteiger charge is 2.14. The molecular formula is C29H32Br4O8. The largest absolute Gasteiger partial charge is 0.508 e. The average molecular weight is 828 g/mol. The van der Waals surface area contributed by atoms with Crippen LogP contribution in [0.2, 0.25) is 0 Å². The number of halogens is 4. The van der Waals surface area contributed by atoms with Crippen LogP contribution in [0.1, 0.15) is 37.8 Å². The van der Waals surface area contributed by atoms with Crippen molar-refractivity contribution in [2.75, 3.05) is 39.6 Å². The molecule has 0 spiro atoms. The van der Waals surface area contributed by atoms with Gasteiger partial charge in [0.15, 0.2) is 0 Å². The van der Waals surface area contributed by atoms with E-state index in [0.717, 1.165) is 40.2 Å². The van der Waals surface area contributed by atoms with Crippen molar-refractivity contribution in [3.63, 3.8) is 0 Å². The molecule has 0 unspecified atom stereocenters. The number of carbonyl (C=O) groups is 2. The maximum Gasteiger partial charge on any atom is 0.508 e. The lowest BCUT2D eigenvalue weighted by molar-refractivity contribution is 0.0570. The standard InChI is InChI=1S/C29H32Br4O8/c1-18(2)16-40-28(34)38-9-5-7-36-26-22(30)12-20(13-23(26)31)11-21-14-24(32)27(25(33)15-21)37-8-6-10-39-29(35)41-17-19(3)4/h12-15H,1,3,5-11,16-17H2,2,4H3. The summed E-state index contributed by atoms with van der Waals surface area (Å²) in [5.74, 6) is 1.33. The van der Waals surface area contributed by atoms with E-state index in [1.54, 1.807) is 13.8 Å². The van der Waals surface area contributed by atoms with Crippen molar-refractivity contribution in [1.29, 1.82) is 0 Å².